The van der Waals surface area contributed by atoms with Crippen LogP contribution >= 0.6 is 0 Å². The maximum atomic E-state index is 14.3. The van der Waals surface area contributed by atoms with Crippen LogP contribution in [0.3, 0.4) is 0 Å². The molecule has 0 N–H and O–H groups in total. The molecule has 1 heterocycles. The van der Waals surface area contributed by atoms with Gasteiger partial charge in [0.1, 0.15) is 5.82 Å². The maximum Gasteiger partial charge on any atom is 0.417 e. The first kappa shape index (κ1) is 22.8. The molecule has 2 aromatic rings. The van der Waals surface area contributed by atoms with E-state index in [-0.39, 0.29) is 11.6 Å². The number of aromatic nitrogens is 1. The van der Waals surface area contributed by atoms with E-state index in [4.69, 9.17) is 5.26 Å². The predicted molar refractivity (Wildman–Crippen MR) is 113 cm³/mol. The Hall–Kier alpha value is -2.88. The zero-order chi connectivity index (χ0) is 22.4. The third-order valence-corrected chi connectivity index (χ3v) is 5.67. The van der Waals surface area contributed by atoms with E-state index in [1.807, 2.05) is 11.0 Å². The van der Waals surface area contributed by atoms with Crippen molar-refractivity contribution in [3.8, 4) is 6.07 Å². The van der Waals surface area contributed by atoms with Crippen molar-refractivity contribution in [2.75, 3.05) is 11.4 Å². The van der Waals surface area contributed by atoms with Crippen LogP contribution in [0.15, 0.2) is 42.7 Å². The fourth-order valence-corrected chi connectivity index (χ4v) is 4.11. The van der Waals surface area contributed by atoms with Gasteiger partial charge in [0.25, 0.3) is 0 Å². The number of anilines is 1. The Balaban J connectivity index is 1.94. The molecule has 0 saturated heterocycles. The van der Waals surface area contributed by atoms with Gasteiger partial charge in [-0.15, -0.1) is 0 Å². The first-order chi connectivity index (χ1) is 14.8. The van der Waals surface area contributed by atoms with E-state index in [1.165, 1.54) is 18.5 Å². The van der Waals surface area contributed by atoms with Gasteiger partial charge >= 0.3 is 6.18 Å². The third kappa shape index (κ3) is 5.43. The molecule has 0 aliphatic heterocycles. The summed E-state index contributed by atoms with van der Waals surface area (Å²) in [5.41, 5.74) is 0.488. The zero-order valence-electron chi connectivity index (χ0n) is 17.4. The van der Waals surface area contributed by atoms with Crippen LogP contribution in [0.4, 0.5) is 23.2 Å². The predicted octanol–water partition coefficient (Wildman–Crippen LogP) is 6.74. The zero-order valence-corrected chi connectivity index (χ0v) is 17.4. The number of benzene rings is 1. The van der Waals surface area contributed by atoms with Crippen molar-refractivity contribution in [1.82, 2.24) is 4.98 Å². The van der Waals surface area contributed by atoms with Crippen LogP contribution in [-0.4, -0.2) is 17.6 Å². The summed E-state index contributed by atoms with van der Waals surface area (Å²) in [6.45, 7) is 2.68. The van der Waals surface area contributed by atoms with Crippen molar-refractivity contribution in [2.24, 2.45) is 0 Å². The monoisotopic (exact) mass is 431 g/mol. The normalized spacial score (nSPS) is 16.5. The maximum absolute atomic E-state index is 14.3. The molecule has 1 unspecified atom stereocenters. The standard InChI is InChI=1S/C24H25F4N3/c1-2-3-4-12-31(20-9-8-18(15-29)22(14-20)24(26,27)28)19-7-5-6-17(13-19)21-10-11-30-16-23(21)25/h6,8-11,14,16,19H,2-5,7,12-13H2,1H3. The van der Waals surface area contributed by atoms with Crippen LogP contribution in [0.1, 0.15) is 62.1 Å². The lowest BCUT2D eigenvalue weighted by Gasteiger charge is -2.37. The summed E-state index contributed by atoms with van der Waals surface area (Å²) < 4.78 is 54.9. The number of allylic oxidation sites excluding steroid dienone is 1. The highest BCUT2D eigenvalue weighted by molar-refractivity contribution is 5.68. The van der Waals surface area contributed by atoms with Gasteiger partial charge in [0.05, 0.1) is 23.4 Å². The SMILES string of the molecule is CCCCCN(c1ccc(C#N)c(C(F)(F)F)c1)C1CCC=C(c2ccncc2F)C1. The quantitative estimate of drug-likeness (QED) is 0.360. The van der Waals surface area contributed by atoms with E-state index >= 15 is 0 Å². The minimum absolute atomic E-state index is 0.0570. The van der Waals surface area contributed by atoms with Gasteiger partial charge in [-0.05, 0) is 55.5 Å². The second-order valence-corrected chi connectivity index (χ2v) is 7.76. The lowest BCUT2D eigenvalue weighted by atomic mass is 9.88. The molecule has 0 spiro atoms. The number of nitrogens with zero attached hydrogens (tertiary/aromatic N) is 3. The first-order valence-electron chi connectivity index (χ1n) is 10.5. The van der Waals surface area contributed by atoms with Crippen molar-refractivity contribution < 1.29 is 17.6 Å². The average Bonchev–Trinajstić information content (AvgIpc) is 2.76. The average molecular weight is 431 g/mol. The molecule has 0 radical (unpaired) electrons. The first-order valence-corrected chi connectivity index (χ1v) is 10.5. The van der Waals surface area contributed by atoms with Gasteiger partial charge in [-0.1, -0.05) is 25.8 Å². The largest absolute Gasteiger partial charge is 0.417 e. The van der Waals surface area contributed by atoms with Crippen LogP contribution in [0.5, 0.6) is 0 Å². The highest BCUT2D eigenvalue weighted by Crippen LogP contribution is 2.37. The van der Waals surface area contributed by atoms with Crippen molar-refractivity contribution in [3.63, 3.8) is 0 Å². The molecule has 1 aliphatic carbocycles. The molecule has 1 atom stereocenters. The van der Waals surface area contributed by atoms with E-state index in [2.05, 4.69) is 11.9 Å². The van der Waals surface area contributed by atoms with Crippen molar-refractivity contribution in [2.45, 2.75) is 57.7 Å². The lowest BCUT2D eigenvalue weighted by molar-refractivity contribution is -0.137. The van der Waals surface area contributed by atoms with Gasteiger partial charge in [-0.3, -0.25) is 4.98 Å². The van der Waals surface area contributed by atoms with Gasteiger partial charge in [0, 0.05) is 30.0 Å². The number of hydrogen-bond acceptors (Lipinski definition) is 3. The Morgan fingerprint density at radius 3 is 2.71 bits per heavy atom. The molecule has 0 fully saturated rings. The highest BCUT2D eigenvalue weighted by atomic mass is 19.4. The van der Waals surface area contributed by atoms with E-state index in [0.717, 1.165) is 37.3 Å². The minimum atomic E-state index is -4.60. The van der Waals surface area contributed by atoms with Crippen molar-refractivity contribution in [3.05, 3.63) is 65.2 Å². The Morgan fingerprint density at radius 1 is 1.23 bits per heavy atom. The van der Waals surface area contributed by atoms with Gasteiger partial charge in [0.15, 0.2) is 0 Å². The smallest absolute Gasteiger partial charge is 0.368 e. The second kappa shape index (κ2) is 9.95. The molecular weight excluding hydrogens is 406 g/mol. The third-order valence-electron chi connectivity index (χ3n) is 5.67. The summed E-state index contributed by atoms with van der Waals surface area (Å²) in [4.78, 5) is 5.79. The van der Waals surface area contributed by atoms with E-state index in [0.29, 0.717) is 30.6 Å². The molecule has 1 aliphatic rings. The van der Waals surface area contributed by atoms with Crippen molar-refractivity contribution in [1.29, 1.82) is 5.26 Å². The fourth-order valence-electron chi connectivity index (χ4n) is 4.11. The number of halogens is 4. The van der Waals surface area contributed by atoms with E-state index < -0.39 is 17.6 Å². The molecule has 164 valence electrons. The molecule has 1 aromatic heterocycles. The Bertz CT molecular complexity index is 976. The summed E-state index contributed by atoms with van der Waals surface area (Å²) >= 11 is 0. The molecular formula is C24H25F4N3. The van der Waals surface area contributed by atoms with Crippen LogP contribution in [0, 0.1) is 17.1 Å². The van der Waals surface area contributed by atoms with Crippen LogP contribution < -0.4 is 4.90 Å². The summed E-state index contributed by atoms with van der Waals surface area (Å²) in [7, 11) is 0. The highest BCUT2D eigenvalue weighted by Gasteiger charge is 2.35. The van der Waals surface area contributed by atoms with Gasteiger partial charge in [0.2, 0.25) is 0 Å². The lowest BCUT2D eigenvalue weighted by Crippen LogP contribution is -2.37. The summed E-state index contributed by atoms with van der Waals surface area (Å²) in [6.07, 6.45) is 4.93. The summed E-state index contributed by atoms with van der Waals surface area (Å²) in [6, 6.07) is 7.13. The van der Waals surface area contributed by atoms with Crippen molar-refractivity contribution >= 4 is 11.3 Å². The molecule has 0 bridgehead atoms. The molecule has 3 nitrogen and oxygen atoms in total. The second-order valence-electron chi connectivity index (χ2n) is 7.76. The summed E-state index contributed by atoms with van der Waals surface area (Å²) in [5, 5.41) is 9.11. The Morgan fingerprint density at radius 2 is 2.03 bits per heavy atom. The summed E-state index contributed by atoms with van der Waals surface area (Å²) in [5.74, 6) is -0.398. The number of hydrogen-bond donors (Lipinski definition) is 0. The number of pyridine rings is 1. The minimum Gasteiger partial charge on any atom is -0.368 e. The molecule has 0 amide bonds. The molecule has 31 heavy (non-hydrogen) atoms. The molecule has 3 rings (SSSR count). The van der Waals surface area contributed by atoms with E-state index in [1.54, 1.807) is 18.2 Å². The van der Waals surface area contributed by atoms with Crippen LogP contribution in [0.2, 0.25) is 0 Å². The van der Waals surface area contributed by atoms with E-state index in [9.17, 15) is 17.6 Å². The molecule has 7 heteroatoms. The van der Waals surface area contributed by atoms with Gasteiger partial charge in [-0.25, -0.2) is 4.39 Å². The van der Waals surface area contributed by atoms with Gasteiger partial charge < -0.3 is 4.90 Å². The molecule has 0 saturated carbocycles. The number of rotatable bonds is 7. The van der Waals surface area contributed by atoms with Crippen LogP contribution in [0.25, 0.3) is 5.57 Å². The Labute approximate surface area is 180 Å². The topological polar surface area (TPSA) is 39.9 Å². The van der Waals surface area contributed by atoms with Gasteiger partial charge in [-0.2, -0.15) is 18.4 Å². The fraction of sp³-hybridized carbons (Fsp3) is 0.417. The Kier molecular flexibility index (Phi) is 7.32. The number of nitriles is 1. The number of unbranched alkanes of at least 4 members (excludes halogenated alkanes) is 2. The molecule has 1 aromatic carbocycles. The van der Waals surface area contributed by atoms with Crippen LogP contribution in [-0.2, 0) is 6.18 Å². The number of alkyl halides is 3.